The number of hydrogen-bond acceptors (Lipinski definition) is 5. The number of fused-ring (bicyclic) bond motifs is 1. The summed E-state index contributed by atoms with van der Waals surface area (Å²) in [5.74, 6) is 0. The molecule has 0 aliphatic carbocycles. The fourth-order valence-electron chi connectivity index (χ4n) is 3.36. The molecule has 1 saturated heterocycles. The van der Waals surface area contributed by atoms with Crippen molar-refractivity contribution in [2.45, 2.75) is 38.2 Å². The molecule has 2 aliphatic rings. The molecule has 1 fully saturated rings. The molecule has 6 heteroatoms. The van der Waals surface area contributed by atoms with Gasteiger partial charge < -0.3 is 14.2 Å². The molecule has 4 nitrogen and oxygen atoms in total. The highest BCUT2D eigenvalue weighted by molar-refractivity contribution is 8.03. The maximum Gasteiger partial charge on any atom is 0.362 e. The molecule has 2 heterocycles. The molecule has 0 bridgehead atoms. The average Bonchev–Trinajstić information content (AvgIpc) is 2.67. The van der Waals surface area contributed by atoms with E-state index in [1.165, 1.54) is 0 Å². The molecular weight excluding hydrogens is 391 g/mol. The van der Waals surface area contributed by atoms with Gasteiger partial charge in [0, 0.05) is 21.6 Å². The van der Waals surface area contributed by atoms with Crippen LogP contribution in [0.25, 0.3) is 5.31 Å². The first-order valence-electron chi connectivity index (χ1n) is 9.42. The van der Waals surface area contributed by atoms with Crippen LogP contribution in [-0.2, 0) is 13.6 Å². The van der Waals surface area contributed by atoms with Gasteiger partial charge in [0.15, 0.2) is 0 Å². The molecule has 4 rings (SSSR count). The van der Waals surface area contributed by atoms with E-state index < -0.39 is 13.7 Å². The van der Waals surface area contributed by atoms with Gasteiger partial charge in [-0.1, -0.05) is 73.6 Å². The highest BCUT2D eigenvalue weighted by Crippen LogP contribution is 2.67. The van der Waals surface area contributed by atoms with Crippen LogP contribution in [0.15, 0.2) is 58.3 Å². The van der Waals surface area contributed by atoms with Gasteiger partial charge in [-0.05, 0) is 24.1 Å². The fourth-order valence-corrected chi connectivity index (χ4v) is 7.26. The highest BCUT2D eigenvalue weighted by Gasteiger charge is 2.42. The lowest BCUT2D eigenvalue weighted by Gasteiger charge is -2.36. The van der Waals surface area contributed by atoms with Crippen molar-refractivity contribution in [3.05, 3.63) is 70.1 Å². The van der Waals surface area contributed by atoms with E-state index in [4.69, 9.17) is 9.05 Å². The molecule has 148 valence electrons. The fraction of sp³-hybridized carbons (Fsp3) is 0.364. The summed E-state index contributed by atoms with van der Waals surface area (Å²) in [5, 5.41) is 11.3. The summed E-state index contributed by atoms with van der Waals surface area (Å²) in [7, 11) is -3.50. The Morgan fingerprint density at radius 3 is 2.43 bits per heavy atom. The van der Waals surface area contributed by atoms with E-state index >= 15 is 0 Å². The molecule has 0 amide bonds. The third kappa shape index (κ3) is 3.87. The molecule has 1 unspecified atom stereocenters. The molecule has 0 radical (unpaired) electrons. The second-order valence-electron chi connectivity index (χ2n) is 8.21. The van der Waals surface area contributed by atoms with Gasteiger partial charge in [0.2, 0.25) is 0 Å². The number of rotatable bonds is 2. The van der Waals surface area contributed by atoms with Crippen LogP contribution in [0.1, 0.15) is 43.1 Å². The van der Waals surface area contributed by atoms with Gasteiger partial charge >= 0.3 is 7.60 Å². The maximum atomic E-state index is 13.8. The summed E-state index contributed by atoms with van der Waals surface area (Å²) in [5.41, 5.74) is 2.68. The Kier molecular flexibility index (Phi) is 5.32. The summed E-state index contributed by atoms with van der Waals surface area (Å²) < 4.78 is 25.6. The monoisotopic (exact) mass is 416 g/mol. The first kappa shape index (κ1) is 19.9. The standard InChI is InChI=1S/C22H25O4PS/c1-15-8-10-16(11-9-15)21(27(24)25-13-22(2,3)14-26-27)20-12-18(23)17-6-4-5-7-19(17)28-20/h4-11,18,23H,12-14H2,1-3H3/b21-20-. The Balaban J connectivity index is 1.84. The van der Waals surface area contributed by atoms with Crippen molar-refractivity contribution in [3.63, 3.8) is 0 Å². The van der Waals surface area contributed by atoms with Gasteiger partial charge in [0.1, 0.15) is 0 Å². The lowest BCUT2D eigenvalue weighted by Crippen LogP contribution is -2.29. The Morgan fingerprint density at radius 1 is 1.11 bits per heavy atom. The maximum absolute atomic E-state index is 13.8. The van der Waals surface area contributed by atoms with Gasteiger partial charge in [-0.25, -0.2) is 0 Å². The smallest absolute Gasteiger partial charge is 0.362 e. The molecule has 2 aromatic rings. The van der Waals surface area contributed by atoms with E-state index in [1.807, 2.05) is 69.3 Å². The summed E-state index contributed by atoms with van der Waals surface area (Å²) >= 11 is 1.55. The molecule has 28 heavy (non-hydrogen) atoms. The zero-order valence-corrected chi connectivity index (χ0v) is 18.1. The number of hydrogen-bond donors (Lipinski definition) is 1. The summed E-state index contributed by atoms with van der Waals surface area (Å²) in [6, 6.07) is 15.7. The van der Waals surface area contributed by atoms with Crippen LogP contribution in [0, 0.1) is 12.3 Å². The molecule has 1 atom stereocenters. The molecule has 0 spiro atoms. The van der Waals surface area contributed by atoms with Crippen LogP contribution in [0.3, 0.4) is 0 Å². The molecular formula is C22H25O4PS. The van der Waals surface area contributed by atoms with E-state index in [0.29, 0.717) is 24.9 Å². The predicted octanol–water partition coefficient (Wildman–Crippen LogP) is 6.16. The minimum atomic E-state index is -3.50. The second kappa shape index (κ2) is 7.47. The Labute approximate surface area is 170 Å². The minimum Gasteiger partial charge on any atom is -0.388 e. The van der Waals surface area contributed by atoms with Crippen molar-refractivity contribution in [1.82, 2.24) is 0 Å². The van der Waals surface area contributed by atoms with Crippen molar-refractivity contribution in [1.29, 1.82) is 0 Å². The number of aliphatic hydroxyl groups is 1. The van der Waals surface area contributed by atoms with Gasteiger partial charge in [0.05, 0.1) is 24.6 Å². The van der Waals surface area contributed by atoms with Gasteiger partial charge in [-0.2, -0.15) is 0 Å². The Morgan fingerprint density at radius 2 is 1.75 bits per heavy atom. The van der Waals surface area contributed by atoms with E-state index in [2.05, 4.69) is 0 Å². The van der Waals surface area contributed by atoms with Crippen molar-refractivity contribution < 1.29 is 18.7 Å². The Bertz CT molecular complexity index is 951. The largest absolute Gasteiger partial charge is 0.388 e. The molecule has 1 N–H and O–H groups in total. The van der Waals surface area contributed by atoms with E-state index in [-0.39, 0.29) is 5.41 Å². The highest BCUT2D eigenvalue weighted by atomic mass is 32.2. The zero-order chi connectivity index (χ0) is 19.9. The molecule has 2 aliphatic heterocycles. The minimum absolute atomic E-state index is 0.178. The van der Waals surface area contributed by atoms with Crippen LogP contribution >= 0.6 is 19.4 Å². The number of aryl methyl sites for hydroxylation is 1. The molecule has 0 saturated carbocycles. The first-order chi connectivity index (χ1) is 13.3. The third-order valence-electron chi connectivity index (χ3n) is 5.00. The Hall–Kier alpha value is -1.36. The zero-order valence-electron chi connectivity index (χ0n) is 16.3. The van der Waals surface area contributed by atoms with Crippen LogP contribution in [0.5, 0.6) is 0 Å². The molecule has 2 aromatic carbocycles. The summed E-state index contributed by atoms with van der Waals surface area (Å²) in [6.07, 6.45) is -0.244. The lowest BCUT2D eigenvalue weighted by molar-refractivity contribution is 0.0467. The van der Waals surface area contributed by atoms with Crippen LogP contribution in [0.4, 0.5) is 0 Å². The topological polar surface area (TPSA) is 55.8 Å². The third-order valence-corrected chi connectivity index (χ3v) is 8.38. The first-order valence-corrected chi connectivity index (χ1v) is 11.8. The van der Waals surface area contributed by atoms with Crippen LogP contribution in [-0.4, -0.2) is 18.3 Å². The van der Waals surface area contributed by atoms with Gasteiger partial charge in [-0.15, -0.1) is 0 Å². The van der Waals surface area contributed by atoms with Crippen molar-refractivity contribution in [2.24, 2.45) is 5.41 Å². The van der Waals surface area contributed by atoms with Crippen molar-refractivity contribution in [3.8, 4) is 0 Å². The van der Waals surface area contributed by atoms with Crippen molar-refractivity contribution in [2.75, 3.05) is 13.2 Å². The number of aliphatic hydroxyl groups excluding tert-OH is 1. The van der Waals surface area contributed by atoms with Gasteiger partial charge in [-0.3, -0.25) is 4.57 Å². The lowest BCUT2D eigenvalue weighted by atomic mass is 9.97. The van der Waals surface area contributed by atoms with Crippen molar-refractivity contribution >= 4 is 24.7 Å². The van der Waals surface area contributed by atoms with E-state index in [0.717, 1.165) is 26.5 Å². The number of benzene rings is 2. The van der Waals surface area contributed by atoms with Gasteiger partial charge in [0.25, 0.3) is 0 Å². The normalized spacial score (nSPS) is 25.1. The summed E-state index contributed by atoms with van der Waals surface area (Å²) in [4.78, 5) is 1.82. The SMILES string of the molecule is Cc1ccc(/C(=C2\CC(O)c3ccccc3S2)P2(=O)OCC(C)(C)CO2)cc1. The quantitative estimate of drug-likeness (QED) is 0.594. The average molecular weight is 416 g/mol. The summed E-state index contributed by atoms with van der Waals surface area (Å²) in [6.45, 7) is 6.83. The van der Waals surface area contributed by atoms with Crippen LogP contribution < -0.4 is 0 Å². The van der Waals surface area contributed by atoms with E-state index in [1.54, 1.807) is 11.8 Å². The molecule has 0 aromatic heterocycles. The van der Waals surface area contributed by atoms with E-state index in [9.17, 15) is 9.67 Å². The van der Waals surface area contributed by atoms with Crippen LogP contribution in [0.2, 0.25) is 0 Å². The predicted molar refractivity (Wildman–Crippen MR) is 113 cm³/mol. The number of thioether (sulfide) groups is 1. The second-order valence-corrected chi connectivity index (χ2v) is 11.3.